The Morgan fingerprint density at radius 1 is 1.27 bits per heavy atom. The lowest BCUT2D eigenvalue weighted by atomic mass is 10.2. The zero-order valence-electron chi connectivity index (χ0n) is 28.6. The third-order valence-corrected chi connectivity index (χ3v) is 7.78. The van der Waals surface area contributed by atoms with Gasteiger partial charge < -0.3 is 25.8 Å². The fourth-order valence-corrected chi connectivity index (χ4v) is 5.62. The van der Waals surface area contributed by atoms with E-state index in [1.54, 1.807) is 12.1 Å². The molecule has 0 radical (unpaired) electrons. The standard InChI is InChI=1S/C26H31N9O5/c1-13-11-26(13,23(27)36)35-21-16(22(32-35)39-3)7-8-19(31-21)30-20-10-17-18(12-28-20)33(2)25(38)34(17)15-6-5-14(9-15)29-24(37)40-4/h7-8,10,12-15H,5-6,9,11H2,1-4H3,(H2,27,36)(H,29,37)(H,28,30,31)/i2D3,4D3,14D. The summed E-state index contributed by atoms with van der Waals surface area (Å²) in [5.41, 5.74) is 4.37. The third-order valence-electron chi connectivity index (χ3n) is 7.78. The monoisotopic (exact) mass is 556 g/mol. The fraction of sp³-hybridized carbons (Fsp3) is 0.462. The molecule has 2 saturated carbocycles. The predicted molar refractivity (Wildman–Crippen MR) is 146 cm³/mol. The summed E-state index contributed by atoms with van der Waals surface area (Å²) in [5.74, 6) is 0.117. The van der Waals surface area contributed by atoms with E-state index < -0.39 is 49.3 Å². The molecule has 0 bridgehead atoms. The summed E-state index contributed by atoms with van der Waals surface area (Å²) in [6, 6.07) is 2.38. The molecule has 2 amide bonds. The van der Waals surface area contributed by atoms with Crippen molar-refractivity contribution in [2.45, 2.75) is 50.2 Å². The molecule has 14 nitrogen and oxygen atoms in total. The number of carbonyl (C=O) groups excluding carboxylic acids is 2. The number of nitrogens with zero attached hydrogens (tertiary/aromatic N) is 6. The maximum Gasteiger partial charge on any atom is 0.407 e. The number of fused-ring (bicyclic) bond motifs is 2. The summed E-state index contributed by atoms with van der Waals surface area (Å²) in [6.07, 6.45) is 0.481. The molecule has 0 spiro atoms. The van der Waals surface area contributed by atoms with Crippen molar-refractivity contribution in [1.82, 2.24) is 34.2 Å². The zero-order chi connectivity index (χ0) is 34.3. The zero-order valence-corrected chi connectivity index (χ0v) is 21.6. The van der Waals surface area contributed by atoms with E-state index in [0.717, 1.165) is 0 Å². The summed E-state index contributed by atoms with van der Waals surface area (Å²) < 4.78 is 67.1. The molecule has 2 fully saturated rings. The lowest BCUT2D eigenvalue weighted by Crippen LogP contribution is -2.36. The van der Waals surface area contributed by atoms with E-state index in [4.69, 9.17) is 20.1 Å². The number of alkyl carbamates (subject to hydrolysis) is 1. The van der Waals surface area contributed by atoms with E-state index >= 15 is 0 Å². The molecule has 40 heavy (non-hydrogen) atoms. The number of methoxy groups -OCH3 is 2. The van der Waals surface area contributed by atoms with Crippen molar-refractivity contribution >= 4 is 45.7 Å². The topological polar surface area (TPSA) is 173 Å². The number of hydrogen-bond acceptors (Lipinski definition) is 9. The number of amides is 2. The van der Waals surface area contributed by atoms with Crippen molar-refractivity contribution in [3.05, 3.63) is 34.9 Å². The van der Waals surface area contributed by atoms with E-state index in [1.165, 1.54) is 28.6 Å². The number of carbonyl (C=O) groups is 2. The molecule has 0 saturated heterocycles. The van der Waals surface area contributed by atoms with Gasteiger partial charge in [-0.2, -0.15) is 0 Å². The van der Waals surface area contributed by atoms with Gasteiger partial charge in [0.1, 0.15) is 17.2 Å². The van der Waals surface area contributed by atoms with E-state index in [0.29, 0.717) is 22.0 Å². The number of aryl methyl sites for hydroxylation is 1. The predicted octanol–water partition coefficient (Wildman–Crippen LogP) is 1.90. The van der Waals surface area contributed by atoms with Gasteiger partial charge in [-0.1, -0.05) is 6.92 Å². The SMILES string of the molecule is [2H]C1(NC(=O)OC([2H])([2H])[2H])CCC(n2c(=O)n(C([2H])([2H])[2H])c3cnc(Nc4ccc5c(OC)nn(C6(C(N)=O)CC6C)c5n4)cc32)C1. The second-order valence-corrected chi connectivity index (χ2v) is 10.1. The van der Waals surface area contributed by atoms with Crippen LogP contribution < -0.4 is 26.8 Å². The molecule has 4 N–H and O–H groups in total. The molecule has 4 heterocycles. The van der Waals surface area contributed by atoms with Gasteiger partial charge in [-0.25, -0.2) is 24.2 Å². The highest BCUT2D eigenvalue weighted by molar-refractivity contribution is 5.91. The molecule has 6 rings (SSSR count). The minimum Gasteiger partial charge on any atom is -0.479 e. The number of primary amides is 1. The second kappa shape index (κ2) is 9.24. The summed E-state index contributed by atoms with van der Waals surface area (Å²) in [4.78, 5) is 47.2. The Bertz CT molecular complexity index is 1990. The molecule has 4 atom stereocenters. The summed E-state index contributed by atoms with van der Waals surface area (Å²) in [6.45, 7) is -0.985. The Morgan fingerprint density at radius 2 is 2.10 bits per heavy atom. The van der Waals surface area contributed by atoms with Crippen LogP contribution >= 0.6 is 0 Å². The number of nitrogens with two attached hydrogens (primary N) is 1. The highest BCUT2D eigenvalue weighted by atomic mass is 16.5. The molecule has 2 aliphatic rings. The van der Waals surface area contributed by atoms with E-state index in [1.807, 2.05) is 6.92 Å². The van der Waals surface area contributed by atoms with Crippen LogP contribution in [0.1, 0.15) is 48.2 Å². The first-order valence-electron chi connectivity index (χ1n) is 16.0. The minimum absolute atomic E-state index is 0.00939. The number of anilines is 2. The Balaban J connectivity index is 1.37. The number of rotatable bonds is 7. The first-order valence-corrected chi connectivity index (χ1v) is 12.5. The van der Waals surface area contributed by atoms with E-state index in [-0.39, 0.29) is 53.7 Å². The Hall–Kier alpha value is -4.62. The molecule has 14 heteroatoms. The van der Waals surface area contributed by atoms with Crippen LogP contribution in [0.15, 0.2) is 29.2 Å². The van der Waals surface area contributed by atoms with Crippen LogP contribution in [-0.2, 0) is 22.0 Å². The lowest BCUT2D eigenvalue weighted by molar-refractivity contribution is -0.123. The Labute approximate surface area is 238 Å². The number of imidazole rings is 1. The Morgan fingerprint density at radius 3 is 2.80 bits per heavy atom. The quantitative estimate of drug-likeness (QED) is 0.307. The van der Waals surface area contributed by atoms with Gasteiger partial charge in [-0.3, -0.25) is 13.9 Å². The first-order chi connectivity index (χ1) is 21.9. The summed E-state index contributed by atoms with van der Waals surface area (Å²) >= 11 is 0. The number of ether oxygens (including phenoxy) is 2. The van der Waals surface area contributed by atoms with Crippen LogP contribution in [0, 0.1) is 5.92 Å². The molecule has 4 unspecified atom stereocenters. The second-order valence-electron chi connectivity index (χ2n) is 10.1. The van der Waals surface area contributed by atoms with Crippen molar-refractivity contribution in [2.24, 2.45) is 18.6 Å². The molecular weight excluding hydrogens is 518 g/mol. The average Bonchev–Trinajstić information content (AvgIpc) is 3.20. The van der Waals surface area contributed by atoms with Gasteiger partial charge in [0, 0.05) is 29.2 Å². The molecule has 2 aliphatic carbocycles. The van der Waals surface area contributed by atoms with Crippen LogP contribution in [0.4, 0.5) is 16.4 Å². The number of hydrogen-bond donors (Lipinski definition) is 3. The van der Waals surface area contributed by atoms with Crippen molar-refractivity contribution in [2.75, 3.05) is 19.5 Å². The highest BCUT2D eigenvalue weighted by Gasteiger charge is 2.60. The smallest absolute Gasteiger partial charge is 0.407 e. The van der Waals surface area contributed by atoms with E-state index in [9.17, 15) is 14.4 Å². The van der Waals surface area contributed by atoms with Crippen molar-refractivity contribution < 1.29 is 28.7 Å². The molecular formula is C26H31N9O5. The molecule has 4 aromatic rings. The van der Waals surface area contributed by atoms with Gasteiger partial charge in [0.05, 0.1) is 42.2 Å². The van der Waals surface area contributed by atoms with Gasteiger partial charge in [-0.05, 0) is 43.7 Å². The molecule has 0 aliphatic heterocycles. The molecule has 0 aromatic carbocycles. The third kappa shape index (κ3) is 3.85. The van der Waals surface area contributed by atoms with Crippen LogP contribution in [0.25, 0.3) is 22.1 Å². The minimum atomic E-state index is -3.01. The van der Waals surface area contributed by atoms with Crippen LogP contribution in [-0.4, -0.2) is 61.0 Å². The number of pyridine rings is 2. The normalized spacial score (nSPS) is 28.9. The van der Waals surface area contributed by atoms with Crippen molar-refractivity contribution in [3.8, 4) is 5.88 Å². The maximum atomic E-state index is 13.6. The maximum absolute atomic E-state index is 13.6. The summed E-state index contributed by atoms with van der Waals surface area (Å²) in [5, 5.41) is 10.3. The van der Waals surface area contributed by atoms with Crippen LogP contribution in [0.3, 0.4) is 0 Å². The van der Waals surface area contributed by atoms with Gasteiger partial charge in [-0.15, -0.1) is 5.10 Å². The number of nitrogens with one attached hydrogen (secondary N) is 2. The van der Waals surface area contributed by atoms with Gasteiger partial charge >= 0.3 is 11.8 Å². The van der Waals surface area contributed by atoms with Gasteiger partial charge in [0.2, 0.25) is 11.8 Å². The largest absolute Gasteiger partial charge is 0.479 e. The fourth-order valence-electron chi connectivity index (χ4n) is 5.62. The highest BCUT2D eigenvalue weighted by Crippen LogP contribution is 2.51. The van der Waals surface area contributed by atoms with Gasteiger partial charge in [0.15, 0.2) is 5.65 Å². The van der Waals surface area contributed by atoms with Crippen molar-refractivity contribution in [1.29, 1.82) is 0 Å². The lowest BCUT2D eigenvalue weighted by Gasteiger charge is -2.15. The van der Waals surface area contributed by atoms with E-state index in [2.05, 4.69) is 30.4 Å². The van der Waals surface area contributed by atoms with Gasteiger partial charge in [0.25, 0.3) is 0 Å². The number of aromatic nitrogens is 6. The summed E-state index contributed by atoms with van der Waals surface area (Å²) in [7, 11) is -1.56. The first kappa shape index (κ1) is 18.6. The van der Waals surface area contributed by atoms with Crippen molar-refractivity contribution in [3.63, 3.8) is 0 Å². The van der Waals surface area contributed by atoms with Crippen LogP contribution in [0.5, 0.6) is 5.88 Å². The average molecular weight is 557 g/mol. The Kier molecular flexibility index (Phi) is 4.30. The van der Waals surface area contributed by atoms with Crippen LogP contribution in [0.2, 0.25) is 0 Å². The molecule has 4 aromatic heterocycles. The molecule has 210 valence electrons.